The summed E-state index contributed by atoms with van der Waals surface area (Å²) in [5.41, 5.74) is 2.97. The van der Waals surface area contributed by atoms with Crippen molar-refractivity contribution in [1.82, 2.24) is 19.9 Å². The molecule has 0 aliphatic heterocycles. The molecular weight excluding hydrogens is 279 g/mol. The van der Waals surface area contributed by atoms with Crippen molar-refractivity contribution in [2.45, 2.75) is 6.92 Å². The summed E-state index contributed by atoms with van der Waals surface area (Å²) in [5.74, 6) is 0. The first-order chi connectivity index (χ1) is 8.33. The maximum absolute atomic E-state index is 4.34. The van der Waals surface area contributed by atoms with Crippen molar-refractivity contribution in [2.24, 2.45) is 0 Å². The quantitative estimate of drug-likeness (QED) is 0.691. The summed E-state index contributed by atoms with van der Waals surface area (Å²) in [6.45, 7) is 2.09. The molecule has 0 bridgehead atoms. The molecular formula is C12H10N4Se. The molecule has 0 spiro atoms. The van der Waals surface area contributed by atoms with E-state index in [1.807, 2.05) is 0 Å². The van der Waals surface area contributed by atoms with Gasteiger partial charge in [0.25, 0.3) is 0 Å². The van der Waals surface area contributed by atoms with Gasteiger partial charge >= 0.3 is 105 Å². The van der Waals surface area contributed by atoms with Crippen LogP contribution in [0.3, 0.4) is 0 Å². The number of hydrogen-bond acceptors (Lipinski definition) is 3. The fourth-order valence-corrected chi connectivity index (χ4v) is 3.32. The van der Waals surface area contributed by atoms with Gasteiger partial charge in [-0.15, -0.1) is 0 Å². The third-order valence-corrected chi connectivity index (χ3v) is 4.54. The van der Waals surface area contributed by atoms with Gasteiger partial charge in [-0.25, -0.2) is 0 Å². The van der Waals surface area contributed by atoms with Gasteiger partial charge in [-0.1, -0.05) is 0 Å². The van der Waals surface area contributed by atoms with Crippen LogP contribution >= 0.6 is 0 Å². The Kier molecular flexibility index (Phi) is 2.63. The van der Waals surface area contributed by atoms with Gasteiger partial charge in [0.15, 0.2) is 0 Å². The average molecular weight is 289 g/mol. The molecule has 0 atom stereocenters. The van der Waals surface area contributed by atoms with Gasteiger partial charge in [-0.05, 0) is 0 Å². The number of imidazole rings is 1. The molecule has 17 heavy (non-hydrogen) atoms. The fraction of sp³-hybridized carbons (Fsp3) is 0.0833. The minimum atomic E-state index is 0.182. The Bertz CT molecular complexity index is 645. The van der Waals surface area contributed by atoms with E-state index in [9.17, 15) is 0 Å². The van der Waals surface area contributed by atoms with E-state index in [4.69, 9.17) is 0 Å². The second-order valence-corrected chi connectivity index (χ2v) is 5.92. The first-order valence-electron chi connectivity index (χ1n) is 5.21. The summed E-state index contributed by atoms with van der Waals surface area (Å²) in [6.07, 6.45) is 3.24. The molecule has 4 nitrogen and oxygen atoms in total. The molecule has 0 fully saturated rings. The normalized spacial score (nSPS) is 10.9. The number of benzene rings is 1. The minimum absolute atomic E-state index is 0.182. The molecule has 0 aliphatic carbocycles. The van der Waals surface area contributed by atoms with Crippen LogP contribution in [-0.4, -0.2) is 34.9 Å². The van der Waals surface area contributed by atoms with Gasteiger partial charge in [0.05, 0.1) is 0 Å². The molecule has 2 aromatic heterocycles. The van der Waals surface area contributed by atoms with Crippen molar-refractivity contribution < 1.29 is 0 Å². The number of nitrogens with zero attached hydrogens (tertiary/aromatic N) is 3. The Morgan fingerprint density at radius 2 is 1.88 bits per heavy atom. The van der Waals surface area contributed by atoms with E-state index < -0.39 is 0 Å². The molecule has 3 rings (SSSR count). The average Bonchev–Trinajstić information content (AvgIpc) is 2.81. The molecule has 2 heterocycles. The molecule has 0 aliphatic rings. The van der Waals surface area contributed by atoms with Crippen LogP contribution in [0.2, 0.25) is 0 Å². The van der Waals surface area contributed by atoms with Crippen LogP contribution in [0.15, 0.2) is 36.9 Å². The third kappa shape index (κ3) is 2.07. The van der Waals surface area contributed by atoms with Crippen LogP contribution < -0.4 is 9.05 Å². The van der Waals surface area contributed by atoms with E-state index in [0.29, 0.717) is 0 Å². The third-order valence-electron chi connectivity index (χ3n) is 2.42. The first-order valence-corrected chi connectivity index (χ1v) is 6.93. The van der Waals surface area contributed by atoms with Gasteiger partial charge in [0, 0.05) is 0 Å². The molecule has 0 radical (unpaired) electrons. The van der Waals surface area contributed by atoms with Crippen molar-refractivity contribution >= 4 is 35.2 Å². The molecule has 84 valence electrons. The number of aromatic nitrogens is 4. The standard InChI is InChI=1S/C12H10N4Se/c1-8-2-4-9(5-3-8)17-12-10-11(14-6-13-10)15-7-16-12/h2-7H,1H3,(H,13,14,15,16). The number of H-pyrrole nitrogens is 1. The second-order valence-electron chi connectivity index (χ2n) is 3.70. The summed E-state index contributed by atoms with van der Waals surface area (Å²) in [7, 11) is 0. The summed E-state index contributed by atoms with van der Waals surface area (Å²) >= 11 is 0.182. The number of hydrogen-bond donors (Lipinski definition) is 1. The van der Waals surface area contributed by atoms with Crippen molar-refractivity contribution in [1.29, 1.82) is 0 Å². The number of aromatic amines is 1. The van der Waals surface area contributed by atoms with Crippen molar-refractivity contribution in [2.75, 3.05) is 0 Å². The number of fused-ring (bicyclic) bond motifs is 1. The number of nitrogens with one attached hydrogen (secondary N) is 1. The van der Waals surface area contributed by atoms with Crippen LogP contribution in [0.4, 0.5) is 0 Å². The summed E-state index contributed by atoms with van der Waals surface area (Å²) in [4.78, 5) is 15.7. The van der Waals surface area contributed by atoms with Crippen LogP contribution in [0.25, 0.3) is 11.2 Å². The van der Waals surface area contributed by atoms with Gasteiger partial charge in [-0.2, -0.15) is 0 Å². The summed E-state index contributed by atoms with van der Waals surface area (Å²) in [6, 6.07) is 8.56. The topological polar surface area (TPSA) is 54.5 Å². The van der Waals surface area contributed by atoms with E-state index in [0.717, 1.165) is 15.8 Å². The zero-order valence-electron chi connectivity index (χ0n) is 9.21. The molecule has 1 aromatic carbocycles. The Morgan fingerprint density at radius 1 is 1.06 bits per heavy atom. The Balaban J connectivity index is 1.99. The van der Waals surface area contributed by atoms with Crippen LogP contribution in [-0.2, 0) is 0 Å². The van der Waals surface area contributed by atoms with E-state index in [-0.39, 0.29) is 15.0 Å². The Hall–Kier alpha value is -1.71. The zero-order chi connectivity index (χ0) is 11.7. The van der Waals surface area contributed by atoms with Crippen LogP contribution in [0.5, 0.6) is 0 Å². The molecule has 1 N–H and O–H groups in total. The van der Waals surface area contributed by atoms with E-state index in [1.54, 1.807) is 12.7 Å². The monoisotopic (exact) mass is 290 g/mol. The van der Waals surface area contributed by atoms with E-state index >= 15 is 0 Å². The van der Waals surface area contributed by atoms with E-state index in [1.165, 1.54) is 10.0 Å². The van der Waals surface area contributed by atoms with Crippen LogP contribution in [0, 0.1) is 6.92 Å². The Morgan fingerprint density at radius 3 is 2.71 bits per heavy atom. The van der Waals surface area contributed by atoms with Gasteiger partial charge in [0.1, 0.15) is 0 Å². The fourth-order valence-electron chi connectivity index (χ4n) is 1.54. The second kappa shape index (κ2) is 4.28. The van der Waals surface area contributed by atoms with Crippen LogP contribution in [0.1, 0.15) is 5.56 Å². The first kappa shape index (κ1) is 10.4. The molecule has 0 saturated carbocycles. The van der Waals surface area contributed by atoms with Crippen molar-refractivity contribution in [3.63, 3.8) is 0 Å². The van der Waals surface area contributed by atoms with Gasteiger partial charge in [-0.3, -0.25) is 0 Å². The maximum atomic E-state index is 4.34. The predicted octanol–water partition coefficient (Wildman–Crippen LogP) is 0.316. The Labute approximate surface area is 105 Å². The zero-order valence-corrected chi connectivity index (χ0v) is 10.9. The van der Waals surface area contributed by atoms with Gasteiger partial charge < -0.3 is 0 Å². The number of rotatable bonds is 2. The molecule has 0 saturated heterocycles. The van der Waals surface area contributed by atoms with Crippen molar-refractivity contribution in [3.05, 3.63) is 42.5 Å². The van der Waals surface area contributed by atoms with Gasteiger partial charge in [0.2, 0.25) is 0 Å². The molecule has 5 heteroatoms. The number of aryl methyl sites for hydroxylation is 1. The molecule has 0 amide bonds. The van der Waals surface area contributed by atoms with Crippen molar-refractivity contribution in [3.8, 4) is 0 Å². The summed E-state index contributed by atoms with van der Waals surface area (Å²) < 4.78 is 2.35. The predicted molar refractivity (Wildman–Crippen MR) is 67.9 cm³/mol. The van der Waals surface area contributed by atoms with E-state index in [2.05, 4.69) is 51.1 Å². The molecule has 0 unspecified atom stereocenters. The molecule has 3 aromatic rings. The summed E-state index contributed by atoms with van der Waals surface area (Å²) in [5, 5.41) is 0. The SMILES string of the molecule is Cc1ccc([Se]c2ncnc3nc[nH]c23)cc1.